The molecule has 3 heteroatoms. The molecular formula is C9H10ClFO. The van der Waals surface area contributed by atoms with Crippen LogP contribution in [0.15, 0.2) is 6.07 Å². The highest BCUT2D eigenvalue weighted by Gasteiger charge is 2.09. The normalized spacial score (nSPS) is 10.4. The summed E-state index contributed by atoms with van der Waals surface area (Å²) in [5.41, 5.74) is 1.45. The molecule has 0 fully saturated rings. The molecule has 0 radical (unpaired) electrons. The molecule has 12 heavy (non-hydrogen) atoms. The van der Waals surface area contributed by atoms with Crippen molar-refractivity contribution in [2.75, 3.05) is 0 Å². The predicted molar refractivity (Wildman–Crippen MR) is 46.8 cm³/mol. The average Bonchev–Trinajstić information content (AvgIpc) is 2.08. The van der Waals surface area contributed by atoms with Crippen LogP contribution in [0.25, 0.3) is 0 Å². The summed E-state index contributed by atoms with van der Waals surface area (Å²) in [6.07, 6.45) is 0. The van der Waals surface area contributed by atoms with Gasteiger partial charge in [0.2, 0.25) is 0 Å². The first-order valence-corrected chi connectivity index (χ1v) is 4.00. The van der Waals surface area contributed by atoms with Gasteiger partial charge in [0.05, 0.1) is 6.61 Å². The second kappa shape index (κ2) is 3.42. The van der Waals surface area contributed by atoms with Crippen LogP contribution in [0.5, 0.6) is 0 Å². The molecule has 0 bridgehead atoms. The van der Waals surface area contributed by atoms with Gasteiger partial charge in [0.25, 0.3) is 0 Å². The van der Waals surface area contributed by atoms with E-state index in [2.05, 4.69) is 0 Å². The Bertz CT molecular complexity index is 310. The van der Waals surface area contributed by atoms with Crippen LogP contribution in [-0.2, 0) is 6.61 Å². The molecule has 66 valence electrons. The predicted octanol–water partition coefficient (Wildman–Crippen LogP) is 2.59. The highest BCUT2D eigenvalue weighted by molar-refractivity contribution is 6.31. The third kappa shape index (κ3) is 1.45. The third-order valence-corrected chi connectivity index (χ3v) is 2.36. The van der Waals surface area contributed by atoms with Crippen LogP contribution in [0.4, 0.5) is 4.39 Å². The minimum Gasteiger partial charge on any atom is -0.392 e. The zero-order chi connectivity index (χ0) is 9.30. The molecule has 0 aliphatic heterocycles. The first-order valence-electron chi connectivity index (χ1n) is 3.63. The molecule has 0 aliphatic carbocycles. The van der Waals surface area contributed by atoms with Gasteiger partial charge in [0.1, 0.15) is 5.82 Å². The van der Waals surface area contributed by atoms with Crippen molar-refractivity contribution < 1.29 is 9.50 Å². The molecule has 1 aromatic rings. The Morgan fingerprint density at radius 3 is 2.50 bits per heavy atom. The molecule has 0 saturated heterocycles. The molecule has 0 amide bonds. The van der Waals surface area contributed by atoms with Gasteiger partial charge in [0, 0.05) is 10.6 Å². The van der Waals surface area contributed by atoms with Crippen molar-refractivity contribution in [3.8, 4) is 0 Å². The van der Waals surface area contributed by atoms with E-state index in [9.17, 15) is 4.39 Å². The van der Waals surface area contributed by atoms with Gasteiger partial charge in [-0.25, -0.2) is 4.39 Å². The van der Waals surface area contributed by atoms with Gasteiger partial charge >= 0.3 is 0 Å². The molecule has 0 heterocycles. The Labute approximate surface area is 75.8 Å². The minimum atomic E-state index is -0.327. The Morgan fingerprint density at radius 1 is 1.42 bits per heavy atom. The van der Waals surface area contributed by atoms with E-state index in [0.717, 1.165) is 0 Å². The van der Waals surface area contributed by atoms with Crippen molar-refractivity contribution in [2.24, 2.45) is 0 Å². The molecule has 1 aromatic carbocycles. The number of rotatable bonds is 1. The summed E-state index contributed by atoms with van der Waals surface area (Å²) in [5, 5.41) is 9.20. The van der Waals surface area contributed by atoms with Gasteiger partial charge in [-0.05, 0) is 31.0 Å². The maximum atomic E-state index is 13.2. The Morgan fingerprint density at radius 2 is 2.00 bits per heavy atom. The van der Waals surface area contributed by atoms with Crippen molar-refractivity contribution in [1.82, 2.24) is 0 Å². The fraction of sp³-hybridized carbons (Fsp3) is 0.333. The zero-order valence-corrected chi connectivity index (χ0v) is 7.74. The van der Waals surface area contributed by atoms with Gasteiger partial charge in [0.15, 0.2) is 0 Å². The average molecular weight is 189 g/mol. The van der Waals surface area contributed by atoms with E-state index in [-0.39, 0.29) is 12.4 Å². The molecule has 0 aliphatic rings. The molecule has 0 unspecified atom stereocenters. The van der Waals surface area contributed by atoms with E-state index < -0.39 is 0 Å². The second-order valence-corrected chi connectivity index (χ2v) is 3.15. The van der Waals surface area contributed by atoms with Crippen LogP contribution >= 0.6 is 11.6 Å². The molecule has 1 nitrogen and oxygen atoms in total. The molecule has 0 saturated carbocycles. The molecular weight excluding hydrogens is 179 g/mol. The standard InChI is InChI=1S/C9H10ClFO/c1-5-7(4-12)3-8(10)6(2)9(5)11/h3,12H,4H2,1-2H3. The van der Waals surface area contributed by atoms with Crippen molar-refractivity contribution in [3.63, 3.8) is 0 Å². The van der Waals surface area contributed by atoms with E-state index in [4.69, 9.17) is 16.7 Å². The monoisotopic (exact) mass is 188 g/mol. The molecule has 1 N–H and O–H groups in total. The third-order valence-electron chi connectivity index (χ3n) is 1.97. The summed E-state index contributed by atoms with van der Waals surface area (Å²) in [6, 6.07) is 1.59. The summed E-state index contributed by atoms with van der Waals surface area (Å²) in [5.74, 6) is -0.327. The van der Waals surface area contributed by atoms with E-state index in [1.165, 1.54) is 0 Å². The summed E-state index contributed by atoms with van der Waals surface area (Å²) in [7, 11) is 0. The van der Waals surface area contributed by atoms with Gasteiger partial charge in [-0.1, -0.05) is 11.6 Å². The van der Waals surface area contributed by atoms with Crippen molar-refractivity contribution >= 4 is 11.6 Å². The van der Waals surface area contributed by atoms with Crippen LogP contribution in [0.1, 0.15) is 16.7 Å². The van der Waals surface area contributed by atoms with Gasteiger partial charge in [-0.15, -0.1) is 0 Å². The minimum absolute atomic E-state index is 0.178. The Hall–Kier alpha value is -0.600. The summed E-state index contributed by atoms with van der Waals surface area (Å²) in [6.45, 7) is 3.07. The smallest absolute Gasteiger partial charge is 0.130 e. The lowest BCUT2D eigenvalue weighted by atomic mass is 10.1. The fourth-order valence-electron chi connectivity index (χ4n) is 1.06. The zero-order valence-electron chi connectivity index (χ0n) is 6.99. The van der Waals surface area contributed by atoms with Crippen LogP contribution in [0.3, 0.4) is 0 Å². The van der Waals surface area contributed by atoms with Crippen molar-refractivity contribution in [3.05, 3.63) is 33.6 Å². The van der Waals surface area contributed by atoms with E-state index in [1.54, 1.807) is 19.9 Å². The number of hydrogen-bond donors (Lipinski definition) is 1. The number of hydrogen-bond acceptors (Lipinski definition) is 1. The molecule has 1 rings (SSSR count). The first kappa shape index (κ1) is 9.49. The van der Waals surface area contributed by atoms with E-state index in [0.29, 0.717) is 21.7 Å². The molecule has 0 aromatic heterocycles. The maximum absolute atomic E-state index is 13.2. The SMILES string of the molecule is Cc1c(Cl)cc(CO)c(C)c1F. The number of benzene rings is 1. The molecule has 0 spiro atoms. The van der Waals surface area contributed by atoms with Crippen LogP contribution in [0, 0.1) is 19.7 Å². The number of halogens is 2. The maximum Gasteiger partial charge on any atom is 0.130 e. The summed E-state index contributed by atoms with van der Waals surface area (Å²) in [4.78, 5) is 0. The van der Waals surface area contributed by atoms with Gasteiger partial charge in [-0.3, -0.25) is 0 Å². The van der Waals surface area contributed by atoms with Gasteiger partial charge in [-0.2, -0.15) is 0 Å². The van der Waals surface area contributed by atoms with Crippen LogP contribution in [-0.4, -0.2) is 5.11 Å². The van der Waals surface area contributed by atoms with Crippen LogP contribution < -0.4 is 0 Å². The van der Waals surface area contributed by atoms with E-state index in [1.807, 2.05) is 0 Å². The lowest BCUT2D eigenvalue weighted by Crippen LogP contribution is -1.96. The van der Waals surface area contributed by atoms with Crippen molar-refractivity contribution in [2.45, 2.75) is 20.5 Å². The Kier molecular flexibility index (Phi) is 2.70. The Balaban J connectivity index is 3.39. The van der Waals surface area contributed by atoms with E-state index >= 15 is 0 Å². The van der Waals surface area contributed by atoms with Crippen molar-refractivity contribution in [1.29, 1.82) is 0 Å². The first-order chi connectivity index (χ1) is 5.57. The lowest BCUT2D eigenvalue weighted by molar-refractivity contribution is 0.280. The highest BCUT2D eigenvalue weighted by atomic mass is 35.5. The summed E-state index contributed by atoms with van der Waals surface area (Å²) < 4.78 is 13.2. The fourth-order valence-corrected chi connectivity index (χ4v) is 1.28. The highest BCUT2D eigenvalue weighted by Crippen LogP contribution is 2.24. The topological polar surface area (TPSA) is 20.2 Å². The van der Waals surface area contributed by atoms with Crippen LogP contribution in [0.2, 0.25) is 5.02 Å². The number of aliphatic hydroxyl groups excluding tert-OH is 1. The second-order valence-electron chi connectivity index (χ2n) is 2.74. The number of aliphatic hydroxyl groups is 1. The summed E-state index contributed by atoms with van der Waals surface area (Å²) >= 11 is 5.72. The van der Waals surface area contributed by atoms with Gasteiger partial charge < -0.3 is 5.11 Å². The lowest BCUT2D eigenvalue weighted by Gasteiger charge is -2.07. The molecule has 0 atom stereocenters. The largest absolute Gasteiger partial charge is 0.392 e. The quantitative estimate of drug-likeness (QED) is 0.718.